The quantitative estimate of drug-likeness (QED) is 0.448. The highest BCUT2D eigenvalue weighted by molar-refractivity contribution is 6.46. The summed E-state index contributed by atoms with van der Waals surface area (Å²) in [6.45, 7) is 8.42. The Morgan fingerprint density at radius 1 is 0.812 bits per heavy atom. The molecule has 3 aromatic rings. The van der Waals surface area contributed by atoms with E-state index in [4.69, 9.17) is 11.6 Å². The first-order valence-corrected chi connectivity index (χ1v) is 11.0. The lowest BCUT2D eigenvalue weighted by Gasteiger charge is -2.25. The summed E-state index contributed by atoms with van der Waals surface area (Å²) in [6, 6.07) is 20.8. The van der Waals surface area contributed by atoms with Crippen molar-refractivity contribution in [1.29, 1.82) is 0 Å². The van der Waals surface area contributed by atoms with Crippen molar-refractivity contribution >= 4 is 40.4 Å². The van der Waals surface area contributed by atoms with Crippen molar-refractivity contribution in [1.82, 2.24) is 0 Å². The van der Waals surface area contributed by atoms with Crippen LogP contribution in [0.5, 0.6) is 0 Å². The van der Waals surface area contributed by atoms with Gasteiger partial charge in [0, 0.05) is 17.3 Å². The van der Waals surface area contributed by atoms with Gasteiger partial charge in [-0.15, -0.1) is 0 Å². The van der Waals surface area contributed by atoms with Crippen molar-refractivity contribution in [3.05, 3.63) is 99.7 Å². The lowest BCUT2D eigenvalue weighted by molar-refractivity contribution is -0.120. The number of aryl methyl sites for hydroxylation is 3. The average molecular weight is 445 g/mol. The molecule has 2 amide bonds. The molecule has 0 atom stereocenters. The number of nitrogens with zero attached hydrogens (tertiary/aromatic N) is 2. The number of hydrogen-bond donors (Lipinski definition) is 0. The van der Waals surface area contributed by atoms with E-state index < -0.39 is 0 Å². The lowest BCUT2D eigenvalue weighted by atomic mass is 9.99. The van der Waals surface area contributed by atoms with Crippen LogP contribution < -0.4 is 9.80 Å². The van der Waals surface area contributed by atoms with Gasteiger partial charge in [-0.25, -0.2) is 4.90 Å². The number of hydrogen-bond acceptors (Lipinski definition) is 3. The molecule has 32 heavy (non-hydrogen) atoms. The molecule has 0 spiro atoms. The van der Waals surface area contributed by atoms with E-state index in [1.165, 1.54) is 4.90 Å². The summed E-state index contributed by atoms with van der Waals surface area (Å²) in [7, 11) is 0. The number of likely N-dealkylation sites (N-methyl/N-ethyl adjacent to an activating group) is 1. The van der Waals surface area contributed by atoms with Crippen molar-refractivity contribution in [3.63, 3.8) is 0 Å². The van der Waals surface area contributed by atoms with Crippen molar-refractivity contribution in [3.8, 4) is 0 Å². The Morgan fingerprint density at radius 3 is 2.16 bits per heavy atom. The summed E-state index contributed by atoms with van der Waals surface area (Å²) in [6.07, 6.45) is 0. The molecular formula is C27H25ClN2O2. The van der Waals surface area contributed by atoms with Crippen molar-refractivity contribution < 1.29 is 9.59 Å². The molecular weight excluding hydrogens is 420 g/mol. The third-order valence-corrected chi connectivity index (χ3v) is 6.16. The zero-order valence-corrected chi connectivity index (χ0v) is 19.4. The van der Waals surface area contributed by atoms with E-state index in [-0.39, 0.29) is 11.8 Å². The molecule has 4 nitrogen and oxygen atoms in total. The molecule has 0 saturated carbocycles. The second-order valence-corrected chi connectivity index (χ2v) is 8.42. The topological polar surface area (TPSA) is 40.6 Å². The van der Waals surface area contributed by atoms with Crippen LogP contribution in [0.4, 0.5) is 11.4 Å². The van der Waals surface area contributed by atoms with Crippen LogP contribution in [0, 0.1) is 20.8 Å². The second-order valence-electron chi connectivity index (χ2n) is 7.98. The highest BCUT2D eigenvalue weighted by atomic mass is 35.5. The zero-order chi connectivity index (χ0) is 23.0. The molecule has 1 aliphatic rings. The smallest absolute Gasteiger partial charge is 0.282 e. The van der Waals surface area contributed by atoms with Crippen LogP contribution in [0.1, 0.15) is 29.2 Å². The molecule has 0 aliphatic carbocycles. The predicted molar refractivity (Wildman–Crippen MR) is 131 cm³/mol. The molecule has 0 saturated heterocycles. The van der Waals surface area contributed by atoms with Gasteiger partial charge in [0.05, 0.1) is 11.3 Å². The Bertz CT molecular complexity index is 1250. The fourth-order valence-electron chi connectivity index (χ4n) is 4.05. The molecule has 3 aromatic carbocycles. The van der Waals surface area contributed by atoms with Crippen molar-refractivity contribution in [2.24, 2.45) is 0 Å². The molecule has 1 aliphatic heterocycles. The van der Waals surface area contributed by atoms with Crippen LogP contribution in [0.2, 0.25) is 5.02 Å². The Kier molecular flexibility index (Phi) is 5.90. The monoisotopic (exact) mass is 444 g/mol. The number of rotatable bonds is 5. The molecule has 0 aromatic heterocycles. The maximum absolute atomic E-state index is 13.9. The lowest BCUT2D eigenvalue weighted by Crippen LogP contribution is -2.35. The largest absolute Gasteiger partial charge is 0.337 e. The maximum atomic E-state index is 13.9. The van der Waals surface area contributed by atoms with E-state index in [0.29, 0.717) is 28.5 Å². The summed E-state index contributed by atoms with van der Waals surface area (Å²) < 4.78 is 0. The molecule has 0 unspecified atom stereocenters. The zero-order valence-electron chi connectivity index (χ0n) is 18.6. The van der Waals surface area contributed by atoms with Gasteiger partial charge in [-0.2, -0.15) is 0 Å². The fourth-order valence-corrected chi connectivity index (χ4v) is 4.21. The van der Waals surface area contributed by atoms with Crippen molar-refractivity contribution in [2.45, 2.75) is 27.7 Å². The maximum Gasteiger partial charge on any atom is 0.282 e. The number of para-hydroxylation sites is 1. The first-order valence-electron chi connectivity index (χ1n) is 10.6. The number of carbonyl (C=O) groups is 2. The van der Waals surface area contributed by atoms with Gasteiger partial charge in [0.1, 0.15) is 5.70 Å². The van der Waals surface area contributed by atoms with E-state index in [0.717, 1.165) is 27.9 Å². The Labute approximate surface area is 193 Å². The Hall–Kier alpha value is -3.37. The summed E-state index contributed by atoms with van der Waals surface area (Å²) in [5.74, 6) is -0.688. The van der Waals surface area contributed by atoms with E-state index >= 15 is 0 Å². The normalized spacial score (nSPS) is 13.8. The highest BCUT2D eigenvalue weighted by Gasteiger charge is 2.43. The number of halogens is 1. The van der Waals surface area contributed by atoms with Crippen LogP contribution in [-0.2, 0) is 9.59 Å². The number of carbonyl (C=O) groups excluding carboxylic acids is 2. The minimum absolute atomic E-state index is 0.340. The SMILES string of the molecule is CCN(C1=C(c2ccc(C)c(C)c2)C(=O)N(c2cc(Cl)ccc2C)C1=O)c1ccccc1. The van der Waals surface area contributed by atoms with Gasteiger partial charge in [-0.05, 0) is 74.2 Å². The summed E-state index contributed by atoms with van der Waals surface area (Å²) in [5, 5.41) is 0.475. The first-order chi connectivity index (χ1) is 15.3. The van der Waals surface area contributed by atoms with Gasteiger partial charge in [-0.1, -0.05) is 54.1 Å². The minimum atomic E-state index is -0.348. The number of amides is 2. The molecule has 1 heterocycles. The Morgan fingerprint density at radius 2 is 1.50 bits per heavy atom. The highest BCUT2D eigenvalue weighted by Crippen LogP contribution is 2.38. The van der Waals surface area contributed by atoms with E-state index in [1.807, 2.05) is 87.2 Å². The van der Waals surface area contributed by atoms with Gasteiger partial charge in [0.25, 0.3) is 11.8 Å². The van der Waals surface area contributed by atoms with E-state index in [2.05, 4.69) is 0 Å². The fraction of sp³-hybridized carbons (Fsp3) is 0.185. The van der Waals surface area contributed by atoms with Crippen LogP contribution >= 0.6 is 11.6 Å². The van der Waals surface area contributed by atoms with Gasteiger partial charge < -0.3 is 4.90 Å². The van der Waals surface area contributed by atoms with Gasteiger partial charge in [-0.3, -0.25) is 9.59 Å². The number of anilines is 2. The molecule has 0 radical (unpaired) electrons. The molecule has 0 fully saturated rings. The molecule has 5 heteroatoms. The molecule has 0 N–H and O–H groups in total. The number of imide groups is 1. The van der Waals surface area contributed by atoms with Crippen LogP contribution in [0.25, 0.3) is 5.57 Å². The third kappa shape index (κ3) is 3.71. The molecule has 4 rings (SSSR count). The average Bonchev–Trinajstić information content (AvgIpc) is 3.03. The van der Waals surface area contributed by atoms with Gasteiger partial charge in [0.15, 0.2) is 0 Å². The predicted octanol–water partition coefficient (Wildman–Crippen LogP) is 6.08. The van der Waals surface area contributed by atoms with Crippen molar-refractivity contribution in [2.75, 3.05) is 16.3 Å². The summed E-state index contributed by atoms with van der Waals surface area (Å²) >= 11 is 6.23. The standard InChI is InChI=1S/C27H25ClN2O2/c1-5-29(22-9-7-6-8-10-22)25-24(20-13-11-17(2)19(4)15-20)26(31)30(27(25)32)23-16-21(28)14-12-18(23)3/h6-16H,5H2,1-4H3. The van der Waals surface area contributed by atoms with Crippen LogP contribution in [-0.4, -0.2) is 18.4 Å². The first kappa shape index (κ1) is 21.8. The third-order valence-electron chi connectivity index (χ3n) is 5.92. The summed E-state index contributed by atoms with van der Waals surface area (Å²) in [5.41, 5.74) is 5.89. The van der Waals surface area contributed by atoms with E-state index in [9.17, 15) is 9.59 Å². The van der Waals surface area contributed by atoms with E-state index in [1.54, 1.807) is 12.1 Å². The Balaban J connectivity index is 1.95. The minimum Gasteiger partial charge on any atom is -0.337 e. The van der Waals surface area contributed by atoms with Crippen LogP contribution in [0.15, 0.2) is 72.4 Å². The van der Waals surface area contributed by atoms with Gasteiger partial charge in [0.2, 0.25) is 0 Å². The van der Waals surface area contributed by atoms with Crippen LogP contribution in [0.3, 0.4) is 0 Å². The number of benzene rings is 3. The second kappa shape index (κ2) is 8.64. The summed E-state index contributed by atoms with van der Waals surface area (Å²) in [4.78, 5) is 30.8. The van der Waals surface area contributed by atoms with Gasteiger partial charge >= 0.3 is 0 Å². The molecule has 162 valence electrons. The molecule has 0 bridgehead atoms.